The topological polar surface area (TPSA) is 50.2 Å². The summed E-state index contributed by atoms with van der Waals surface area (Å²) in [5.41, 5.74) is 0.639. The number of aromatic nitrogens is 2. The molecule has 0 saturated carbocycles. The lowest BCUT2D eigenvalue weighted by molar-refractivity contribution is 0.0774. The molecule has 0 aliphatic carbocycles. The van der Waals surface area contributed by atoms with E-state index in [9.17, 15) is 4.79 Å². The number of carbonyl (C=O) groups excluding carboxylic acids is 1. The molecule has 1 aliphatic heterocycles. The van der Waals surface area contributed by atoms with Gasteiger partial charge in [-0.15, -0.1) is 0 Å². The fourth-order valence-corrected chi connectivity index (χ4v) is 2.08. The van der Waals surface area contributed by atoms with Crippen LogP contribution in [0.25, 0.3) is 0 Å². The fraction of sp³-hybridized carbons (Fsp3) is 0.636. The van der Waals surface area contributed by atoms with E-state index in [-0.39, 0.29) is 5.91 Å². The van der Waals surface area contributed by atoms with Crippen LogP contribution in [0.2, 0.25) is 0 Å². The highest BCUT2D eigenvalue weighted by Gasteiger charge is 2.20. The molecule has 0 bridgehead atoms. The van der Waals surface area contributed by atoms with Crippen LogP contribution in [-0.2, 0) is 7.05 Å². The molecule has 1 aromatic heterocycles. The summed E-state index contributed by atoms with van der Waals surface area (Å²) >= 11 is 0. The minimum atomic E-state index is 0.0358. The van der Waals surface area contributed by atoms with Gasteiger partial charge in [0.05, 0.1) is 12.5 Å². The number of hydrogen-bond donors (Lipinski definition) is 1. The van der Waals surface area contributed by atoms with E-state index in [1.54, 1.807) is 22.0 Å². The Morgan fingerprint density at radius 2 is 2.56 bits per heavy atom. The quantitative estimate of drug-likeness (QED) is 0.797. The van der Waals surface area contributed by atoms with E-state index in [4.69, 9.17) is 0 Å². The molecule has 1 fully saturated rings. The maximum atomic E-state index is 12.1. The molecular weight excluding hydrogens is 204 g/mol. The van der Waals surface area contributed by atoms with Crippen molar-refractivity contribution in [2.75, 3.05) is 20.1 Å². The van der Waals surface area contributed by atoms with Crippen molar-refractivity contribution in [3.8, 4) is 0 Å². The van der Waals surface area contributed by atoms with Crippen molar-refractivity contribution in [3.63, 3.8) is 0 Å². The molecule has 1 saturated heterocycles. The maximum Gasteiger partial charge on any atom is 0.271 e. The molecule has 0 radical (unpaired) electrons. The van der Waals surface area contributed by atoms with Gasteiger partial charge in [-0.1, -0.05) is 0 Å². The first-order valence-corrected chi connectivity index (χ1v) is 5.63. The van der Waals surface area contributed by atoms with Crippen molar-refractivity contribution in [2.45, 2.75) is 18.9 Å². The van der Waals surface area contributed by atoms with Crippen molar-refractivity contribution in [2.24, 2.45) is 7.05 Å². The van der Waals surface area contributed by atoms with Gasteiger partial charge in [-0.05, 0) is 19.4 Å². The molecule has 1 unspecified atom stereocenters. The molecular formula is C11H18N4O. The summed E-state index contributed by atoms with van der Waals surface area (Å²) in [4.78, 5) is 17.8. The van der Waals surface area contributed by atoms with E-state index in [2.05, 4.69) is 10.3 Å². The monoisotopic (exact) mass is 222 g/mol. The van der Waals surface area contributed by atoms with Crippen LogP contribution < -0.4 is 5.32 Å². The third kappa shape index (κ3) is 2.24. The van der Waals surface area contributed by atoms with E-state index >= 15 is 0 Å². The summed E-state index contributed by atoms with van der Waals surface area (Å²) in [7, 11) is 3.68. The summed E-state index contributed by atoms with van der Waals surface area (Å²) < 4.78 is 1.75. The smallest absolute Gasteiger partial charge is 0.271 e. The standard InChI is InChI=1S/C11H18N4O/c1-14(7-9-4-3-5-13-9)11(16)10-6-12-8-15(10)2/h6,8-9,13H,3-5,7H2,1-2H3. The average molecular weight is 222 g/mol. The second-order valence-electron chi connectivity index (χ2n) is 4.37. The number of likely N-dealkylation sites (N-methyl/N-ethyl adjacent to an activating group) is 1. The van der Waals surface area contributed by atoms with Crippen molar-refractivity contribution < 1.29 is 4.79 Å². The Morgan fingerprint density at radius 1 is 1.75 bits per heavy atom. The number of carbonyl (C=O) groups is 1. The fourth-order valence-electron chi connectivity index (χ4n) is 2.08. The number of amides is 1. The van der Waals surface area contributed by atoms with Crippen LogP contribution in [0.5, 0.6) is 0 Å². The highest BCUT2D eigenvalue weighted by molar-refractivity contribution is 5.92. The Morgan fingerprint density at radius 3 is 3.12 bits per heavy atom. The molecule has 1 atom stereocenters. The number of aryl methyl sites for hydroxylation is 1. The predicted molar refractivity (Wildman–Crippen MR) is 61.2 cm³/mol. The zero-order chi connectivity index (χ0) is 11.5. The Hall–Kier alpha value is -1.36. The van der Waals surface area contributed by atoms with Gasteiger partial charge >= 0.3 is 0 Å². The molecule has 5 nitrogen and oxygen atoms in total. The maximum absolute atomic E-state index is 12.1. The van der Waals surface area contributed by atoms with Crippen molar-refractivity contribution in [1.29, 1.82) is 0 Å². The second-order valence-corrected chi connectivity index (χ2v) is 4.37. The summed E-state index contributed by atoms with van der Waals surface area (Å²) in [6, 6.07) is 0.446. The molecule has 1 aliphatic rings. The summed E-state index contributed by atoms with van der Waals surface area (Å²) in [5, 5.41) is 3.39. The van der Waals surface area contributed by atoms with E-state index < -0.39 is 0 Å². The van der Waals surface area contributed by atoms with E-state index in [1.165, 1.54) is 6.42 Å². The van der Waals surface area contributed by atoms with Crippen molar-refractivity contribution in [3.05, 3.63) is 18.2 Å². The van der Waals surface area contributed by atoms with Gasteiger partial charge in [0.2, 0.25) is 0 Å². The number of hydrogen-bond acceptors (Lipinski definition) is 3. The molecule has 2 heterocycles. The molecule has 1 aromatic rings. The van der Waals surface area contributed by atoms with Gasteiger partial charge in [0.15, 0.2) is 0 Å². The molecule has 0 aromatic carbocycles. The molecule has 5 heteroatoms. The molecule has 16 heavy (non-hydrogen) atoms. The summed E-state index contributed by atoms with van der Waals surface area (Å²) in [5.74, 6) is 0.0358. The van der Waals surface area contributed by atoms with Crippen LogP contribution in [0, 0.1) is 0 Å². The number of imidazole rings is 1. The Bertz CT molecular complexity index is 368. The van der Waals surface area contributed by atoms with Crippen LogP contribution in [0.3, 0.4) is 0 Å². The van der Waals surface area contributed by atoms with Gasteiger partial charge in [-0.2, -0.15) is 0 Å². The third-order valence-corrected chi connectivity index (χ3v) is 3.04. The van der Waals surface area contributed by atoms with Gasteiger partial charge in [0, 0.05) is 26.7 Å². The molecule has 1 N–H and O–H groups in total. The van der Waals surface area contributed by atoms with Gasteiger partial charge in [-0.25, -0.2) is 4.98 Å². The van der Waals surface area contributed by atoms with Crippen LogP contribution >= 0.6 is 0 Å². The predicted octanol–water partition coefficient (Wildman–Crippen LogP) is 0.244. The second kappa shape index (κ2) is 4.65. The number of nitrogens with one attached hydrogen (secondary N) is 1. The van der Waals surface area contributed by atoms with E-state index in [1.807, 2.05) is 14.1 Å². The molecule has 88 valence electrons. The van der Waals surface area contributed by atoms with Crippen molar-refractivity contribution in [1.82, 2.24) is 19.8 Å². The Balaban J connectivity index is 1.96. The van der Waals surface area contributed by atoms with Gasteiger partial charge in [0.1, 0.15) is 5.69 Å². The van der Waals surface area contributed by atoms with Crippen LogP contribution in [0.4, 0.5) is 0 Å². The molecule has 2 rings (SSSR count). The first kappa shape index (κ1) is 11.1. The minimum Gasteiger partial charge on any atom is -0.339 e. The third-order valence-electron chi connectivity index (χ3n) is 3.04. The highest BCUT2D eigenvalue weighted by atomic mass is 16.2. The SMILES string of the molecule is CN(CC1CCCN1)C(=O)c1cncn1C. The molecule has 1 amide bonds. The van der Waals surface area contributed by atoms with E-state index in [0.717, 1.165) is 19.5 Å². The van der Waals surface area contributed by atoms with Crippen molar-refractivity contribution >= 4 is 5.91 Å². The Kier molecular flexibility index (Phi) is 3.24. The minimum absolute atomic E-state index is 0.0358. The number of rotatable bonds is 3. The average Bonchev–Trinajstić information content (AvgIpc) is 2.88. The van der Waals surface area contributed by atoms with Gasteiger partial charge in [0.25, 0.3) is 5.91 Å². The van der Waals surface area contributed by atoms with Gasteiger partial charge in [-0.3, -0.25) is 4.79 Å². The summed E-state index contributed by atoms with van der Waals surface area (Å²) in [6.07, 6.45) is 5.62. The van der Waals surface area contributed by atoms with Crippen LogP contribution in [0.1, 0.15) is 23.3 Å². The first-order valence-electron chi connectivity index (χ1n) is 5.63. The first-order chi connectivity index (χ1) is 7.68. The van der Waals surface area contributed by atoms with Gasteiger partial charge < -0.3 is 14.8 Å². The zero-order valence-corrected chi connectivity index (χ0v) is 9.81. The Labute approximate surface area is 95.5 Å². The van der Waals surface area contributed by atoms with E-state index in [0.29, 0.717) is 11.7 Å². The van der Waals surface area contributed by atoms with Crippen LogP contribution in [-0.4, -0.2) is 46.5 Å². The lowest BCUT2D eigenvalue weighted by Gasteiger charge is -2.21. The summed E-state index contributed by atoms with van der Waals surface area (Å²) in [6.45, 7) is 1.84. The largest absolute Gasteiger partial charge is 0.339 e. The zero-order valence-electron chi connectivity index (χ0n) is 9.81. The lowest BCUT2D eigenvalue weighted by Crippen LogP contribution is -2.39. The molecule has 0 spiro atoms. The normalized spacial score (nSPS) is 20.0. The number of nitrogens with zero attached hydrogens (tertiary/aromatic N) is 3. The lowest BCUT2D eigenvalue weighted by atomic mass is 10.2. The van der Waals surface area contributed by atoms with Crippen LogP contribution in [0.15, 0.2) is 12.5 Å². The highest BCUT2D eigenvalue weighted by Crippen LogP contribution is 2.08.